The van der Waals surface area contributed by atoms with Crippen molar-refractivity contribution in [2.24, 2.45) is 0 Å². The molecule has 0 amide bonds. The van der Waals surface area contributed by atoms with Gasteiger partial charge in [0, 0.05) is 11.3 Å². The fourth-order valence-electron chi connectivity index (χ4n) is 1.62. The van der Waals surface area contributed by atoms with Crippen LogP contribution in [0.4, 0.5) is 17.6 Å². The van der Waals surface area contributed by atoms with E-state index in [1.54, 1.807) is 6.92 Å². The molecule has 0 spiro atoms. The number of nitrogens with two attached hydrogens (primary N) is 1. The molecule has 0 aliphatic heterocycles. The molecule has 0 unspecified atom stereocenters. The first-order valence-corrected chi connectivity index (χ1v) is 8.36. The molecule has 2 rings (SSSR count). The number of hydrogen-bond acceptors (Lipinski definition) is 6. The van der Waals surface area contributed by atoms with Crippen molar-refractivity contribution in [3.8, 4) is 0 Å². The Morgan fingerprint density at radius 3 is 2.48 bits per heavy atom. The Kier molecular flexibility index (Phi) is 4.57. The third kappa shape index (κ3) is 3.27. The van der Waals surface area contributed by atoms with Crippen LogP contribution in [0.15, 0.2) is 33.1 Å². The smallest absolute Gasteiger partial charge is 0.336 e. The summed E-state index contributed by atoms with van der Waals surface area (Å²) in [6.07, 6.45) is 0.418. The van der Waals surface area contributed by atoms with Crippen LogP contribution in [0.25, 0.3) is 0 Å². The molecule has 0 saturated heterocycles. The largest absolute Gasteiger partial charge is 0.501 e. The topological polar surface area (TPSA) is 90.9 Å². The van der Waals surface area contributed by atoms with Crippen LogP contribution in [0, 0.1) is 5.82 Å². The molecule has 126 valence electrons. The highest BCUT2D eigenvalue weighted by atomic mass is 32.2. The zero-order chi connectivity index (χ0) is 17.4. The van der Waals surface area contributed by atoms with Gasteiger partial charge in [-0.3, -0.25) is 0 Å². The second kappa shape index (κ2) is 6.00. The van der Waals surface area contributed by atoms with Crippen LogP contribution in [-0.4, -0.2) is 28.8 Å². The molecule has 0 saturated carbocycles. The van der Waals surface area contributed by atoms with Crippen LogP contribution >= 0.6 is 11.8 Å². The van der Waals surface area contributed by atoms with Crippen LogP contribution < -0.4 is 5.84 Å². The van der Waals surface area contributed by atoms with E-state index < -0.39 is 26.1 Å². The summed E-state index contributed by atoms with van der Waals surface area (Å²) < 4.78 is 75.6. The number of benzene rings is 1. The first-order chi connectivity index (χ1) is 10.6. The molecule has 2 N–H and O–H groups in total. The molecule has 23 heavy (non-hydrogen) atoms. The van der Waals surface area contributed by atoms with Gasteiger partial charge in [-0.1, -0.05) is 6.92 Å². The summed E-state index contributed by atoms with van der Waals surface area (Å²) in [4.78, 5) is -1.55. The average Bonchev–Trinajstić information content (AvgIpc) is 2.80. The minimum Gasteiger partial charge on any atom is -0.336 e. The van der Waals surface area contributed by atoms with E-state index in [-0.39, 0.29) is 10.1 Å². The predicted molar refractivity (Wildman–Crippen MR) is 73.3 cm³/mol. The second-order valence-corrected chi connectivity index (χ2v) is 7.18. The van der Waals surface area contributed by atoms with E-state index in [1.807, 2.05) is 0 Å². The highest BCUT2D eigenvalue weighted by Gasteiger charge is 2.48. The molecule has 0 fully saturated rings. The summed E-state index contributed by atoms with van der Waals surface area (Å²) in [7, 11) is -5.72. The van der Waals surface area contributed by atoms with Gasteiger partial charge in [-0.05, 0) is 30.0 Å². The Morgan fingerprint density at radius 2 is 1.96 bits per heavy atom. The van der Waals surface area contributed by atoms with Crippen molar-refractivity contribution in [1.29, 1.82) is 0 Å². The van der Waals surface area contributed by atoms with E-state index in [0.29, 0.717) is 30.1 Å². The van der Waals surface area contributed by atoms with Gasteiger partial charge in [-0.15, -0.1) is 10.2 Å². The number of alkyl halides is 3. The zero-order valence-corrected chi connectivity index (χ0v) is 13.1. The lowest BCUT2D eigenvalue weighted by Crippen LogP contribution is -2.24. The highest BCUT2D eigenvalue weighted by molar-refractivity contribution is 8.00. The minimum absolute atomic E-state index is 0.0212. The molecule has 0 aliphatic rings. The molecule has 0 aliphatic carbocycles. The molecule has 12 heteroatoms. The van der Waals surface area contributed by atoms with Crippen molar-refractivity contribution < 1.29 is 26.0 Å². The first-order valence-electron chi connectivity index (χ1n) is 6.06. The van der Waals surface area contributed by atoms with Crippen molar-refractivity contribution in [2.75, 3.05) is 5.84 Å². The SMILES string of the molecule is CCc1nnc(Sc2ccc(F)cc2S(=O)(=O)C(F)(F)F)n1N. The molecule has 1 aromatic carbocycles. The fourth-order valence-corrected chi connectivity index (χ4v) is 3.70. The lowest BCUT2D eigenvalue weighted by atomic mass is 10.3. The van der Waals surface area contributed by atoms with Crippen molar-refractivity contribution in [2.45, 2.75) is 33.8 Å². The number of nitrogens with zero attached hydrogens (tertiary/aromatic N) is 3. The summed E-state index contributed by atoms with van der Waals surface area (Å²) in [5.74, 6) is 4.91. The number of rotatable bonds is 4. The molecule has 0 bridgehead atoms. The lowest BCUT2D eigenvalue weighted by Gasteiger charge is -2.12. The van der Waals surface area contributed by atoms with Crippen molar-refractivity contribution in [3.63, 3.8) is 0 Å². The van der Waals surface area contributed by atoms with Crippen LogP contribution in [0.5, 0.6) is 0 Å². The Balaban J connectivity index is 2.54. The number of hydrogen-bond donors (Lipinski definition) is 1. The van der Waals surface area contributed by atoms with Crippen molar-refractivity contribution in [1.82, 2.24) is 14.9 Å². The summed E-state index contributed by atoms with van der Waals surface area (Å²) in [6.45, 7) is 1.74. The zero-order valence-electron chi connectivity index (χ0n) is 11.5. The van der Waals surface area contributed by atoms with Gasteiger partial charge in [0.15, 0.2) is 5.82 Å². The van der Waals surface area contributed by atoms with Gasteiger partial charge >= 0.3 is 5.51 Å². The van der Waals surface area contributed by atoms with Crippen molar-refractivity contribution in [3.05, 3.63) is 29.8 Å². The minimum atomic E-state index is -5.72. The third-order valence-electron chi connectivity index (χ3n) is 2.75. The molecule has 1 heterocycles. The lowest BCUT2D eigenvalue weighted by molar-refractivity contribution is -0.0437. The monoisotopic (exact) mass is 370 g/mol. The number of sulfone groups is 1. The summed E-state index contributed by atoms with van der Waals surface area (Å²) in [6, 6.07) is 2.07. The molecule has 0 atom stereocenters. The van der Waals surface area contributed by atoms with Gasteiger partial charge in [0.05, 0.1) is 4.90 Å². The quantitative estimate of drug-likeness (QED) is 0.655. The predicted octanol–water partition coefficient (Wildman–Crippen LogP) is 2.14. The fraction of sp³-hybridized carbons (Fsp3) is 0.273. The third-order valence-corrected chi connectivity index (χ3v) is 5.44. The standard InChI is InChI=1S/C11H10F4N4O2S2/c1-2-9-17-18-10(19(9)16)22-7-4-3-6(12)5-8(7)23(20,21)11(13,14)15/h3-5H,2,16H2,1H3. The Morgan fingerprint density at radius 1 is 1.30 bits per heavy atom. The second-order valence-electron chi connectivity index (χ2n) is 4.26. The van der Waals surface area contributed by atoms with Gasteiger partial charge in [0.2, 0.25) is 5.16 Å². The van der Waals surface area contributed by atoms with E-state index in [4.69, 9.17) is 5.84 Å². The van der Waals surface area contributed by atoms with E-state index in [1.165, 1.54) is 0 Å². The summed E-state index contributed by atoms with van der Waals surface area (Å²) in [5, 5.41) is 7.36. The van der Waals surface area contributed by atoms with E-state index in [9.17, 15) is 26.0 Å². The van der Waals surface area contributed by atoms with Gasteiger partial charge < -0.3 is 5.84 Å². The maximum absolute atomic E-state index is 13.2. The van der Waals surface area contributed by atoms with E-state index in [0.717, 1.165) is 16.8 Å². The molecule has 2 aromatic rings. The molecule has 0 radical (unpaired) electrons. The molecular weight excluding hydrogens is 360 g/mol. The number of nitrogen functional groups attached to an aromatic ring is 1. The van der Waals surface area contributed by atoms with Gasteiger partial charge in [-0.2, -0.15) is 13.2 Å². The normalized spacial score (nSPS) is 12.6. The summed E-state index contributed by atoms with van der Waals surface area (Å²) >= 11 is 0.547. The Labute approximate surface area is 132 Å². The van der Waals surface area contributed by atoms with Crippen LogP contribution in [-0.2, 0) is 16.3 Å². The van der Waals surface area contributed by atoms with E-state index in [2.05, 4.69) is 10.2 Å². The summed E-state index contributed by atoms with van der Waals surface area (Å²) in [5.41, 5.74) is -5.55. The first kappa shape index (κ1) is 17.5. The maximum atomic E-state index is 13.2. The number of aryl methyl sites for hydroxylation is 1. The molecular formula is C11H10F4N4O2S2. The van der Waals surface area contributed by atoms with Gasteiger partial charge in [0.25, 0.3) is 9.84 Å². The maximum Gasteiger partial charge on any atom is 0.501 e. The Hall–Kier alpha value is -1.82. The van der Waals surface area contributed by atoms with Crippen molar-refractivity contribution >= 4 is 21.6 Å². The van der Waals surface area contributed by atoms with E-state index >= 15 is 0 Å². The van der Waals surface area contributed by atoms with Gasteiger partial charge in [0.1, 0.15) is 5.82 Å². The molecule has 1 aromatic heterocycles. The van der Waals surface area contributed by atoms with Crippen LogP contribution in [0.2, 0.25) is 0 Å². The molecule has 6 nitrogen and oxygen atoms in total. The number of halogens is 4. The average molecular weight is 370 g/mol. The highest BCUT2D eigenvalue weighted by Crippen LogP contribution is 2.38. The van der Waals surface area contributed by atoms with Crippen LogP contribution in [0.1, 0.15) is 12.7 Å². The van der Waals surface area contributed by atoms with Gasteiger partial charge in [-0.25, -0.2) is 17.5 Å². The Bertz CT molecular complexity index is 833. The van der Waals surface area contributed by atoms with Crippen LogP contribution in [0.3, 0.4) is 0 Å². The number of aromatic nitrogens is 3.